The van der Waals surface area contributed by atoms with Gasteiger partial charge in [0.15, 0.2) is 11.5 Å². The molecule has 31 heavy (non-hydrogen) atoms. The SMILES string of the molecule is Cc1ccc(NC(=O)C2(c3ccc4c(c3)OCO4)CC2)cc1-c1ccc2cc[nH]c2c1. The molecule has 2 aliphatic rings. The third-order valence-corrected chi connectivity index (χ3v) is 6.47. The Kier molecular flexibility index (Phi) is 3.87. The number of amides is 1. The number of hydrogen-bond acceptors (Lipinski definition) is 3. The van der Waals surface area contributed by atoms with E-state index < -0.39 is 5.41 Å². The molecule has 3 aromatic carbocycles. The summed E-state index contributed by atoms with van der Waals surface area (Å²) in [7, 11) is 0. The molecule has 6 rings (SSSR count). The lowest BCUT2D eigenvalue weighted by Gasteiger charge is -2.17. The summed E-state index contributed by atoms with van der Waals surface area (Å²) < 4.78 is 10.9. The van der Waals surface area contributed by atoms with Crippen LogP contribution >= 0.6 is 0 Å². The van der Waals surface area contributed by atoms with Gasteiger partial charge in [-0.05, 0) is 83.8 Å². The molecule has 0 bridgehead atoms. The van der Waals surface area contributed by atoms with Crippen LogP contribution in [0.2, 0.25) is 0 Å². The van der Waals surface area contributed by atoms with Crippen molar-refractivity contribution in [3.8, 4) is 22.6 Å². The van der Waals surface area contributed by atoms with E-state index in [0.717, 1.165) is 46.5 Å². The lowest BCUT2D eigenvalue weighted by Crippen LogP contribution is -2.27. The van der Waals surface area contributed by atoms with E-state index in [1.165, 1.54) is 10.9 Å². The first-order valence-electron chi connectivity index (χ1n) is 10.5. The predicted octanol–water partition coefficient (Wildman–Crippen LogP) is 5.54. The van der Waals surface area contributed by atoms with E-state index in [0.29, 0.717) is 5.75 Å². The highest BCUT2D eigenvalue weighted by Gasteiger charge is 2.51. The summed E-state index contributed by atoms with van der Waals surface area (Å²) in [6.45, 7) is 2.33. The summed E-state index contributed by atoms with van der Waals surface area (Å²) in [5.41, 5.74) is 5.81. The molecule has 1 aromatic heterocycles. The third kappa shape index (κ3) is 2.96. The van der Waals surface area contributed by atoms with E-state index in [2.05, 4.69) is 53.6 Å². The first-order chi connectivity index (χ1) is 15.1. The zero-order valence-corrected chi connectivity index (χ0v) is 17.2. The highest BCUT2D eigenvalue weighted by molar-refractivity contribution is 6.02. The topological polar surface area (TPSA) is 63.4 Å². The summed E-state index contributed by atoms with van der Waals surface area (Å²) in [5, 5.41) is 4.35. The van der Waals surface area contributed by atoms with Crippen molar-refractivity contribution < 1.29 is 14.3 Å². The van der Waals surface area contributed by atoms with Crippen molar-refractivity contribution in [2.45, 2.75) is 25.2 Å². The maximum Gasteiger partial charge on any atom is 0.235 e. The van der Waals surface area contributed by atoms with Gasteiger partial charge in [-0.25, -0.2) is 0 Å². The summed E-state index contributed by atoms with van der Waals surface area (Å²) >= 11 is 0. The molecular weight excluding hydrogens is 388 g/mol. The molecule has 5 nitrogen and oxygen atoms in total. The Balaban J connectivity index is 1.29. The number of aromatic amines is 1. The Labute approximate surface area is 180 Å². The zero-order valence-electron chi connectivity index (χ0n) is 17.2. The minimum Gasteiger partial charge on any atom is -0.454 e. The van der Waals surface area contributed by atoms with E-state index in [1.54, 1.807) is 0 Å². The molecule has 5 heteroatoms. The van der Waals surface area contributed by atoms with Gasteiger partial charge in [0.1, 0.15) is 0 Å². The normalized spacial score (nSPS) is 15.8. The van der Waals surface area contributed by atoms with Crippen LogP contribution in [0.15, 0.2) is 66.9 Å². The van der Waals surface area contributed by atoms with Crippen LogP contribution in [0.5, 0.6) is 11.5 Å². The maximum atomic E-state index is 13.3. The third-order valence-electron chi connectivity index (χ3n) is 6.47. The number of fused-ring (bicyclic) bond motifs is 2. The van der Waals surface area contributed by atoms with Crippen LogP contribution in [0.4, 0.5) is 5.69 Å². The van der Waals surface area contributed by atoms with Gasteiger partial charge in [0.2, 0.25) is 12.7 Å². The van der Waals surface area contributed by atoms with Crippen LogP contribution in [0, 0.1) is 6.92 Å². The monoisotopic (exact) mass is 410 g/mol. The van der Waals surface area contributed by atoms with Crippen molar-refractivity contribution in [3.05, 3.63) is 78.0 Å². The number of hydrogen-bond donors (Lipinski definition) is 2. The van der Waals surface area contributed by atoms with Gasteiger partial charge < -0.3 is 19.8 Å². The fraction of sp³-hybridized carbons (Fsp3) is 0.192. The largest absolute Gasteiger partial charge is 0.454 e. The molecule has 2 N–H and O–H groups in total. The van der Waals surface area contributed by atoms with Gasteiger partial charge in [-0.3, -0.25) is 4.79 Å². The van der Waals surface area contributed by atoms with Crippen LogP contribution in [0.3, 0.4) is 0 Å². The van der Waals surface area contributed by atoms with E-state index in [1.807, 2.05) is 30.5 Å². The molecule has 1 fully saturated rings. The van der Waals surface area contributed by atoms with Gasteiger partial charge >= 0.3 is 0 Å². The van der Waals surface area contributed by atoms with Crippen LogP contribution < -0.4 is 14.8 Å². The first-order valence-corrected chi connectivity index (χ1v) is 10.5. The second-order valence-electron chi connectivity index (χ2n) is 8.41. The molecule has 0 saturated heterocycles. The number of ether oxygens (including phenoxy) is 2. The van der Waals surface area contributed by atoms with E-state index in [4.69, 9.17) is 9.47 Å². The van der Waals surface area contributed by atoms with Gasteiger partial charge in [-0.1, -0.05) is 24.3 Å². The summed E-state index contributed by atoms with van der Waals surface area (Å²) in [4.78, 5) is 16.6. The predicted molar refractivity (Wildman–Crippen MR) is 121 cm³/mol. The van der Waals surface area contributed by atoms with Crippen molar-refractivity contribution in [1.29, 1.82) is 0 Å². The van der Waals surface area contributed by atoms with Gasteiger partial charge in [-0.15, -0.1) is 0 Å². The maximum absolute atomic E-state index is 13.3. The Bertz CT molecular complexity index is 1330. The fourth-order valence-electron chi connectivity index (χ4n) is 4.44. The molecule has 154 valence electrons. The molecular formula is C26H22N2O3. The minimum atomic E-state index is -0.491. The van der Waals surface area contributed by atoms with Crippen molar-refractivity contribution in [2.75, 3.05) is 12.1 Å². The minimum absolute atomic E-state index is 0.0287. The summed E-state index contributed by atoms with van der Waals surface area (Å²) in [6.07, 6.45) is 3.62. The summed E-state index contributed by atoms with van der Waals surface area (Å²) in [5.74, 6) is 1.48. The number of nitrogens with one attached hydrogen (secondary N) is 2. The molecule has 0 spiro atoms. The van der Waals surface area contributed by atoms with Crippen molar-refractivity contribution in [1.82, 2.24) is 4.98 Å². The molecule has 1 aliphatic carbocycles. The number of aryl methyl sites for hydroxylation is 1. The van der Waals surface area contributed by atoms with E-state index in [9.17, 15) is 4.79 Å². The Morgan fingerprint density at radius 1 is 0.968 bits per heavy atom. The standard InChI is InChI=1S/C26H22N2O3/c1-16-2-6-20(14-21(16)18-4-3-17-8-11-27-22(17)12-18)28-25(29)26(9-10-26)19-5-7-23-24(13-19)31-15-30-23/h2-8,11-14,27H,9-10,15H2,1H3,(H,28,29). The van der Waals surface area contributed by atoms with Crippen molar-refractivity contribution in [3.63, 3.8) is 0 Å². The highest BCUT2D eigenvalue weighted by atomic mass is 16.7. The van der Waals surface area contributed by atoms with Gasteiger partial charge in [0, 0.05) is 17.4 Å². The number of benzene rings is 3. The van der Waals surface area contributed by atoms with Gasteiger partial charge in [-0.2, -0.15) is 0 Å². The second-order valence-corrected chi connectivity index (χ2v) is 8.41. The van der Waals surface area contributed by atoms with Crippen LogP contribution in [-0.2, 0) is 10.2 Å². The van der Waals surface area contributed by atoms with E-state index >= 15 is 0 Å². The van der Waals surface area contributed by atoms with Gasteiger partial charge in [0.05, 0.1) is 5.41 Å². The smallest absolute Gasteiger partial charge is 0.235 e. The van der Waals surface area contributed by atoms with Crippen LogP contribution in [-0.4, -0.2) is 17.7 Å². The Morgan fingerprint density at radius 2 is 1.84 bits per heavy atom. The number of aromatic nitrogens is 1. The van der Waals surface area contributed by atoms with Crippen LogP contribution in [0.25, 0.3) is 22.0 Å². The number of anilines is 1. The molecule has 0 atom stereocenters. The zero-order chi connectivity index (χ0) is 21.0. The van der Waals surface area contributed by atoms with Gasteiger partial charge in [0.25, 0.3) is 0 Å². The highest BCUT2D eigenvalue weighted by Crippen LogP contribution is 2.51. The van der Waals surface area contributed by atoms with Crippen LogP contribution in [0.1, 0.15) is 24.0 Å². The molecule has 4 aromatic rings. The average Bonchev–Trinajstić information content (AvgIpc) is 3.24. The van der Waals surface area contributed by atoms with Crippen molar-refractivity contribution in [2.24, 2.45) is 0 Å². The quantitative estimate of drug-likeness (QED) is 0.464. The molecule has 1 saturated carbocycles. The molecule has 1 amide bonds. The Morgan fingerprint density at radius 3 is 2.71 bits per heavy atom. The lowest BCUT2D eigenvalue weighted by atomic mass is 9.94. The number of carbonyl (C=O) groups excluding carboxylic acids is 1. The first kappa shape index (κ1) is 18.1. The molecule has 0 radical (unpaired) electrons. The summed E-state index contributed by atoms with van der Waals surface area (Å²) in [6, 6.07) is 20.4. The number of carbonyl (C=O) groups is 1. The Hall–Kier alpha value is -3.73. The number of rotatable bonds is 4. The second kappa shape index (κ2) is 6.64. The average molecular weight is 410 g/mol. The molecule has 2 heterocycles. The molecule has 1 aliphatic heterocycles. The van der Waals surface area contributed by atoms with Crippen molar-refractivity contribution >= 4 is 22.5 Å². The number of H-pyrrole nitrogens is 1. The van der Waals surface area contributed by atoms with E-state index in [-0.39, 0.29) is 12.7 Å². The molecule has 0 unspecified atom stereocenters. The lowest BCUT2D eigenvalue weighted by molar-refractivity contribution is -0.118. The fourth-order valence-corrected chi connectivity index (χ4v) is 4.44.